The van der Waals surface area contributed by atoms with Crippen LogP contribution in [0, 0.1) is 0 Å². The monoisotopic (exact) mass is 470 g/mol. The molecule has 0 saturated heterocycles. The number of fused-ring (bicyclic) bond motifs is 2. The zero-order valence-corrected chi connectivity index (χ0v) is 19.1. The van der Waals surface area contributed by atoms with Crippen LogP contribution in [0.2, 0.25) is 0 Å². The van der Waals surface area contributed by atoms with Crippen molar-refractivity contribution in [1.29, 1.82) is 0 Å². The molecular weight excluding hydrogens is 448 g/mol. The number of likely N-dealkylation sites (N-methyl/N-ethyl adjacent to an activating group) is 1. The van der Waals surface area contributed by atoms with Crippen molar-refractivity contribution >= 4 is 23.2 Å². The van der Waals surface area contributed by atoms with Crippen LogP contribution in [0.5, 0.6) is 5.75 Å². The average molecular weight is 470 g/mol. The molecule has 2 aromatic carbocycles. The Kier molecular flexibility index (Phi) is 4.67. The van der Waals surface area contributed by atoms with Gasteiger partial charge in [0.05, 0.1) is 41.9 Å². The number of nitrogens with zero attached hydrogens (tertiary/aromatic N) is 2. The summed E-state index contributed by atoms with van der Waals surface area (Å²) >= 11 is 0. The summed E-state index contributed by atoms with van der Waals surface area (Å²) in [6.45, 7) is 0. The topological polar surface area (TPSA) is 110 Å². The number of ether oxygens (including phenoxy) is 1. The zero-order chi connectivity index (χ0) is 24.2. The Morgan fingerprint density at radius 2 is 2.03 bits per heavy atom. The molecule has 2 aromatic heterocycles. The fourth-order valence-electron chi connectivity index (χ4n) is 4.94. The summed E-state index contributed by atoms with van der Waals surface area (Å²) in [5, 5.41) is 6.51. The maximum atomic E-state index is 13.5. The summed E-state index contributed by atoms with van der Waals surface area (Å²) in [5.41, 5.74) is 4.60. The molecule has 0 saturated carbocycles. The molecule has 35 heavy (non-hydrogen) atoms. The van der Waals surface area contributed by atoms with Crippen LogP contribution in [0.15, 0.2) is 70.3 Å². The number of aromatic nitrogens is 1. The Balaban J connectivity index is 1.31. The van der Waals surface area contributed by atoms with Crippen molar-refractivity contribution < 1.29 is 23.2 Å². The van der Waals surface area contributed by atoms with E-state index in [4.69, 9.17) is 13.6 Å². The number of oxazole rings is 1. The molecule has 6 rings (SSSR count). The Labute approximate surface area is 200 Å². The second-order valence-corrected chi connectivity index (χ2v) is 8.79. The summed E-state index contributed by atoms with van der Waals surface area (Å²) in [7, 11) is 3.39. The first-order chi connectivity index (χ1) is 17.0. The normalized spacial score (nSPS) is 18.2. The van der Waals surface area contributed by atoms with Gasteiger partial charge in [0.1, 0.15) is 17.7 Å². The standard InChI is InChI=1S/C26H22N4O5/c1-30-25(32)19-8-20(23-12-27-14-35-23)22(33-2)9-21(19)29-26(30)10-15-3-4-18(7-17(15)11-26)28-24(31)16-5-6-34-13-16/h3-9,12-14,29H,10-11H2,1-2H3,(H,28,31). The number of hydrogen-bond donors (Lipinski definition) is 2. The first-order valence-corrected chi connectivity index (χ1v) is 11.1. The van der Waals surface area contributed by atoms with E-state index in [9.17, 15) is 9.59 Å². The summed E-state index contributed by atoms with van der Waals surface area (Å²) in [4.78, 5) is 31.7. The molecule has 1 aliphatic heterocycles. The Bertz CT molecular complexity index is 1440. The molecule has 1 aliphatic carbocycles. The average Bonchev–Trinajstić information content (AvgIpc) is 3.63. The van der Waals surface area contributed by atoms with E-state index in [1.807, 2.05) is 31.3 Å². The lowest BCUT2D eigenvalue weighted by Crippen LogP contribution is -2.59. The summed E-state index contributed by atoms with van der Waals surface area (Å²) in [6, 6.07) is 11.1. The molecule has 0 radical (unpaired) electrons. The van der Waals surface area contributed by atoms with E-state index in [0.717, 1.165) is 11.1 Å². The van der Waals surface area contributed by atoms with Gasteiger partial charge in [-0.2, -0.15) is 0 Å². The third kappa shape index (κ3) is 3.35. The van der Waals surface area contributed by atoms with Crippen molar-refractivity contribution in [2.24, 2.45) is 0 Å². The van der Waals surface area contributed by atoms with E-state index in [-0.39, 0.29) is 11.8 Å². The minimum Gasteiger partial charge on any atom is -0.496 e. The highest BCUT2D eigenvalue weighted by molar-refractivity contribution is 6.05. The van der Waals surface area contributed by atoms with E-state index in [0.29, 0.717) is 52.4 Å². The smallest absolute Gasteiger partial charge is 0.258 e. The van der Waals surface area contributed by atoms with Gasteiger partial charge < -0.3 is 29.1 Å². The number of methoxy groups -OCH3 is 1. The quantitative estimate of drug-likeness (QED) is 0.460. The van der Waals surface area contributed by atoms with E-state index in [1.54, 1.807) is 30.3 Å². The largest absolute Gasteiger partial charge is 0.496 e. The van der Waals surface area contributed by atoms with E-state index in [1.165, 1.54) is 18.9 Å². The maximum Gasteiger partial charge on any atom is 0.258 e. The summed E-state index contributed by atoms with van der Waals surface area (Å²) < 4.78 is 16.0. The maximum absolute atomic E-state index is 13.5. The fraction of sp³-hybridized carbons (Fsp3) is 0.192. The molecule has 9 nitrogen and oxygen atoms in total. The van der Waals surface area contributed by atoms with Crippen LogP contribution in [-0.4, -0.2) is 41.5 Å². The van der Waals surface area contributed by atoms with Gasteiger partial charge in [0.2, 0.25) is 0 Å². The second-order valence-electron chi connectivity index (χ2n) is 8.79. The number of hydrogen-bond acceptors (Lipinski definition) is 7. The van der Waals surface area contributed by atoms with Gasteiger partial charge in [-0.1, -0.05) is 6.07 Å². The first-order valence-electron chi connectivity index (χ1n) is 11.1. The Morgan fingerprint density at radius 3 is 2.77 bits per heavy atom. The van der Waals surface area contributed by atoms with Gasteiger partial charge in [-0.25, -0.2) is 4.98 Å². The number of furan rings is 1. The van der Waals surface area contributed by atoms with Crippen molar-refractivity contribution in [3.8, 4) is 17.1 Å². The molecule has 2 aliphatic rings. The van der Waals surface area contributed by atoms with Gasteiger partial charge in [0.25, 0.3) is 11.8 Å². The van der Waals surface area contributed by atoms with Crippen molar-refractivity contribution in [3.05, 3.63) is 83.8 Å². The van der Waals surface area contributed by atoms with Crippen LogP contribution in [0.4, 0.5) is 11.4 Å². The van der Waals surface area contributed by atoms with E-state index in [2.05, 4.69) is 15.6 Å². The first kappa shape index (κ1) is 21.0. The number of nitrogens with one attached hydrogen (secondary N) is 2. The Hall–Kier alpha value is -4.53. The zero-order valence-electron chi connectivity index (χ0n) is 19.1. The molecule has 0 fully saturated rings. The molecule has 1 unspecified atom stereocenters. The van der Waals surface area contributed by atoms with Gasteiger partial charge in [0, 0.05) is 31.6 Å². The highest BCUT2D eigenvalue weighted by Crippen LogP contribution is 2.44. The van der Waals surface area contributed by atoms with Gasteiger partial charge >= 0.3 is 0 Å². The number of carbonyl (C=O) groups excluding carboxylic acids is 2. The van der Waals surface area contributed by atoms with Crippen molar-refractivity contribution in [3.63, 3.8) is 0 Å². The predicted octanol–water partition coefficient (Wildman–Crippen LogP) is 4.19. The summed E-state index contributed by atoms with van der Waals surface area (Å²) in [6.07, 6.45) is 7.02. The van der Waals surface area contributed by atoms with Gasteiger partial charge in [-0.15, -0.1) is 0 Å². The minimum atomic E-state index is -0.627. The molecule has 1 atom stereocenters. The third-order valence-electron chi connectivity index (χ3n) is 6.80. The van der Waals surface area contributed by atoms with E-state index >= 15 is 0 Å². The van der Waals surface area contributed by atoms with E-state index < -0.39 is 5.66 Å². The molecular formula is C26H22N4O5. The van der Waals surface area contributed by atoms with Crippen LogP contribution < -0.4 is 15.4 Å². The van der Waals surface area contributed by atoms with Crippen LogP contribution in [-0.2, 0) is 12.8 Å². The second kappa shape index (κ2) is 7.76. The SMILES string of the molecule is COc1cc2c(cc1-c1cnco1)C(=O)N(C)C1(Cc3ccc(NC(=O)c4ccoc4)cc3C1)N2. The lowest BCUT2D eigenvalue weighted by molar-refractivity contribution is 0.0606. The molecule has 4 aromatic rings. The van der Waals surface area contributed by atoms with Crippen molar-refractivity contribution in [2.75, 3.05) is 24.8 Å². The predicted molar refractivity (Wildman–Crippen MR) is 127 cm³/mol. The van der Waals surface area contributed by atoms with Crippen LogP contribution in [0.3, 0.4) is 0 Å². The van der Waals surface area contributed by atoms with Crippen molar-refractivity contribution in [1.82, 2.24) is 9.88 Å². The molecule has 2 N–H and O–H groups in total. The van der Waals surface area contributed by atoms with Crippen LogP contribution >= 0.6 is 0 Å². The number of anilines is 2. The molecule has 9 heteroatoms. The molecule has 0 bridgehead atoms. The minimum absolute atomic E-state index is 0.0940. The van der Waals surface area contributed by atoms with Crippen molar-refractivity contribution in [2.45, 2.75) is 18.5 Å². The molecule has 176 valence electrons. The highest BCUT2D eigenvalue weighted by Gasteiger charge is 2.47. The fourth-order valence-corrected chi connectivity index (χ4v) is 4.94. The highest BCUT2D eigenvalue weighted by atomic mass is 16.5. The Morgan fingerprint density at radius 1 is 1.17 bits per heavy atom. The third-order valence-corrected chi connectivity index (χ3v) is 6.80. The van der Waals surface area contributed by atoms with Crippen LogP contribution in [0.25, 0.3) is 11.3 Å². The lowest BCUT2D eigenvalue weighted by Gasteiger charge is -2.44. The summed E-state index contributed by atoms with van der Waals surface area (Å²) in [5.74, 6) is 0.778. The molecule has 3 heterocycles. The number of rotatable bonds is 4. The lowest BCUT2D eigenvalue weighted by atomic mass is 9.95. The molecule has 2 amide bonds. The van der Waals surface area contributed by atoms with Gasteiger partial charge in [0.15, 0.2) is 12.2 Å². The molecule has 1 spiro atoms. The number of amides is 2. The van der Waals surface area contributed by atoms with Gasteiger partial charge in [-0.05, 0) is 35.4 Å². The number of carbonyl (C=O) groups is 2. The van der Waals surface area contributed by atoms with Crippen LogP contribution in [0.1, 0.15) is 31.8 Å². The van der Waals surface area contributed by atoms with Gasteiger partial charge in [-0.3, -0.25) is 9.59 Å². The number of benzene rings is 2.